The minimum Gasteiger partial charge on any atom is -0.456 e. The van der Waals surface area contributed by atoms with E-state index in [2.05, 4.69) is 17.1 Å². The number of nitrogens with zero attached hydrogens (tertiary/aromatic N) is 2. The molecule has 4 aromatic carbocycles. The highest BCUT2D eigenvalue weighted by Gasteiger charge is 2.08. The Balaban J connectivity index is 1.52. The van der Waals surface area contributed by atoms with Crippen molar-refractivity contribution in [3.05, 3.63) is 120 Å². The van der Waals surface area contributed by atoms with Crippen molar-refractivity contribution in [1.82, 2.24) is 0 Å². The number of nitrogens with two attached hydrogens (primary N) is 1. The third-order valence-electron chi connectivity index (χ3n) is 5.18. The lowest BCUT2D eigenvalue weighted by Crippen LogP contribution is -2.16. The van der Waals surface area contributed by atoms with E-state index in [4.69, 9.17) is 15.1 Å². The van der Waals surface area contributed by atoms with Gasteiger partial charge in [0.25, 0.3) is 0 Å². The quantitative estimate of drug-likeness (QED) is 0.298. The summed E-state index contributed by atoms with van der Waals surface area (Å²) in [6, 6.07) is 33.9. The molecule has 150 valence electrons. The molecule has 5 aromatic rings. The summed E-state index contributed by atoms with van der Waals surface area (Å²) in [5, 5.41) is 2.20. The lowest BCUT2D eigenvalue weighted by atomic mass is 10.1. The number of benzene rings is 4. The lowest BCUT2D eigenvalue weighted by molar-refractivity contribution is 0.669. The molecule has 5 rings (SSSR count). The predicted molar refractivity (Wildman–Crippen MR) is 128 cm³/mol. The maximum atomic E-state index is 6.28. The number of para-hydroxylation sites is 1. The van der Waals surface area contributed by atoms with Crippen molar-refractivity contribution in [3.8, 4) is 0 Å². The summed E-state index contributed by atoms with van der Waals surface area (Å²) >= 11 is 0. The molecule has 0 saturated carbocycles. The van der Waals surface area contributed by atoms with Gasteiger partial charge in [0.2, 0.25) is 0 Å². The Bertz CT molecular complexity index is 1400. The van der Waals surface area contributed by atoms with Crippen molar-refractivity contribution >= 4 is 33.6 Å². The normalized spacial score (nSPS) is 12.5. The second-order valence-electron chi connectivity index (χ2n) is 7.30. The SMILES string of the molecule is NC(=NC(=NCc1ccc2oc3ccccc3c2c1)c1ccccc1)c1ccccc1. The second kappa shape index (κ2) is 8.28. The van der Waals surface area contributed by atoms with E-state index in [0.717, 1.165) is 38.6 Å². The van der Waals surface area contributed by atoms with Gasteiger partial charge < -0.3 is 10.2 Å². The van der Waals surface area contributed by atoms with E-state index in [0.29, 0.717) is 18.2 Å². The molecule has 0 amide bonds. The summed E-state index contributed by atoms with van der Waals surface area (Å²) in [7, 11) is 0. The summed E-state index contributed by atoms with van der Waals surface area (Å²) in [6.45, 7) is 0.491. The van der Waals surface area contributed by atoms with Crippen LogP contribution in [0.3, 0.4) is 0 Å². The molecule has 0 spiro atoms. The van der Waals surface area contributed by atoms with Gasteiger partial charge in [0.15, 0.2) is 5.84 Å². The minimum atomic E-state index is 0.444. The van der Waals surface area contributed by atoms with Crippen LogP contribution >= 0.6 is 0 Å². The van der Waals surface area contributed by atoms with E-state index >= 15 is 0 Å². The molecule has 0 aliphatic rings. The monoisotopic (exact) mass is 403 g/mol. The molecule has 2 N–H and O–H groups in total. The van der Waals surface area contributed by atoms with Gasteiger partial charge in [-0.05, 0) is 23.8 Å². The summed E-state index contributed by atoms with van der Waals surface area (Å²) < 4.78 is 5.93. The van der Waals surface area contributed by atoms with Gasteiger partial charge in [-0.2, -0.15) is 0 Å². The molecule has 1 aromatic heterocycles. The van der Waals surface area contributed by atoms with E-state index < -0.39 is 0 Å². The first-order chi connectivity index (χ1) is 15.3. The average Bonchev–Trinajstić information content (AvgIpc) is 3.21. The molecule has 0 bridgehead atoms. The fourth-order valence-electron chi connectivity index (χ4n) is 3.60. The van der Waals surface area contributed by atoms with Gasteiger partial charge in [0.05, 0.1) is 6.54 Å². The highest BCUT2D eigenvalue weighted by molar-refractivity contribution is 6.11. The zero-order valence-corrected chi connectivity index (χ0v) is 16.9. The van der Waals surface area contributed by atoms with Gasteiger partial charge >= 0.3 is 0 Å². The first-order valence-corrected chi connectivity index (χ1v) is 10.2. The molecular formula is C27H21N3O. The van der Waals surface area contributed by atoms with E-state index in [9.17, 15) is 0 Å². The third kappa shape index (κ3) is 3.96. The van der Waals surface area contributed by atoms with Gasteiger partial charge in [-0.15, -0.1) is 0 Å². The zero-order valence-electron chi connectivity index (χ0n) is 16.9. The summed E-state index contributed by atoms with van der Waals surface area (Å²) in [5.74, 6) is 1.05. The Morgan fingerprint density at radius 3 is 2.10 bits per heavy atom. The molecule has 4 nitrogen and oxygen atoms in total. The van der Waals surface area contributed by atoms with Crippen LogP contribution in [0.25, 0.3) is 21.9 Å². The van der Waals surface area contributed by atoms with Crippen molar-refractivity contribution in [3.63, 3.8) is 0 Å². The molecule has 0 radical (unpaired) electrons. The lowest BCUT2D eigenvalue weighted by Gasteiger charge is -2.06. The largest absolute Gasteiger partial charge is 0.456 e. The van der Waals surface area contributed by atoms with E-state index in [1.165, 1.54) is 0 Å². The first-order valence-electron chi connectivity index (χ1n) is 10.2. The number of amidine groups is 2. The average molecular weight is 403 g/mol. The Kier molecular flexibility index (Phi) is 5.03. The van der Waals surface area contributed by atoms with Gasteiger partial charge in [-0.25, -0.2) is 4.99 Å². The fraction of sp³-hybridized carbons (Fsp3) is 0.0370. The van der Waals surface area contributed by atoms with Crippen molar-refractivity contribution in [1.29, 1.82) is 0 Å². The van der Waals surface area contributed by atoms with Crippen LogP contribution in [0.4, 0.5) is 0 Å². The van der Waals surface area contributed by atoms with Crippen LogP contribution in [-0.4, -0.2) is 11.7 Å². The molecule has 0 saturated heterocycles. The van der Waals surface area contributed by atoms with Crippen molar-refractivity contribution in [2.24, 2.45) is 15.7 Å². The molecule has 0 aliphatic heterocycles. The van der Waals surface area contributed by atoms with Gasteiger partial charge in [-0.1, -0.05) is 84.9 Å². The maximum Gasteiger partial charge on any atom is 0.157 e. The standard InChI is InChI=1S/C27H21N3O/c28-26(20-9-3-1-4-10-20)30-27(21-11-5-2-6-12-21)29-18-19-15-16-25-23(17-19)22-13-7-8-14-24(22)31-25/h1-17H,18H2,(H2,28,29,30). The van der Waals surface area contributed by atoms with Crippen LogP contribution < -0.4 is 5.73 Å². The molecular weight excluding hydrogens is 382 g/mol. The number of furan rings is 1. The Labute approximate surface area is 180 Å². The Morgan fingerprint density at radius 2 is 1.32 bits per heavy atom. The van der Waals surface area contributed by atoms with Crippen LogP contribution in [0.2, 0.25) is 0 Å². The number of hydrogen-bond acceptors (Lipinski definition) is 2. The van der Waals surface area contributed by atoms with Crippen LogP contribution in [-0.2, 0) is 6.54 Å². The number of fused-ring (bicyclic) bond motifs is 3. The molecule has 0 unspecified atom stereocenters. The Morgan fingerprint density at radius 1 is 0.677 bits per heavy atom. The number of hydrogen-bond donors (Lipinski definition) is 1. The topological polar surface area (TPSA) is 63.9 Å². The van der Waals surface area contributed by atoms with E-state index in [1.807, 2.05) is 91.0 Å². The van der Waals surface area contributed by atoms with Gasteiger partial charge in [0, 0.05) is 21.9 Å². The van der Waals surface area contributed by atoms with Crippen LogP contribution in [0.1, 0.15) is 16.7 Å². The fourth-order valence-corrected chi connectivity index (χ4v) is 3.60. The number of rotatable bonds is 4. The summed E-state index contributed by atoms with van der Waals surface area (Å²) in [4.78, 5) is 9.48. The van der Waals surface area contributed by atoms with Crippen LogP contribution in [0.5, 0.6) is 0 Å². The molecule has 0 atom stereocenters. The molecule has 1 heterocycles. The maximum absolute atomic E-state index is 6.28. The Hall–Kier alpha value is -4.18. The summed E-state index contributed by atoms with van der Waals surface area (Å²) in [5.41, 5.74) is 10.9. The van der Waals surface area contributed by atoms with Gasteiger partial charge in [-0.3, -0.25) is 4.99 Å². The third-order valence-corrected chi connectivity index (χ3v) is 5.18. The molecule has 0 fully saturated rings. The van der Waals surface area contributed by atoms with Crippen molar-refractivity contribution < 1.29 is 4.42 Å². The molecule has 4 heteroatoms. The summed E-state index contributed by atoms with van der Waals surface area (Å²) in [6.07, 6.45) is 0. The number of aliphatic imine (C=N–C) groups is 2. The molecule has 0 aliphatic carbocycles. The van der Waals surface area contributed by atoms with Gasteiger partial charge in [0.1, 0.15) is 17.0 Å². The van der Waals surface area contributed by atoms with Crippen LogP contribution in [0, 0.1) is 0 Å². The molecule has 31 heavy (non-hydrogen) atoms. The second-order valence-corrected chi connectivity index (χ2v) is 7.30. The highest BCUT2D eigenvalue weighted by atomic mass is 16.3. The first kappa shape index (κ1) is 18.8. The highest BCUT2D eigenvalue weighted by Crippen LogP contribution is 2.29. The smallest absolute Gasteiger partial charge is 0.157 e. The van der Waals surface area contributed by atoms with Crippen molar-refractivity contribution in [2.45, 2.75) is 6.54 Å². The van der Waals surface area contributed by atoms with E-state index in [-0.39, 0.29) is 0 Å². The zero-order chi connectivity index (χ0) is 21.0. The predicted octanol–water partition coefficient (Wildman–Crippen LogP) is 5.94. The minimum absolute atomic E-state index is 0.444. The van der Waals surface area contributed by atoms with Crippen LogP contribution in [0.15, 0.2) is 118 Å². The van der Waals surface area contributed by atoms with E-state index in [1.54, 1.807) is 0 Å². The van der Waals surface area contributed by atoms with Crippen molar-refractivity contribution in [2.75, 3.05) is 0 Å².